The monoisotopic (exact) mass is 286 g/mol. The molecule has 0 aromatic carbocycles. The Labute approximate surface area is 120 Å². The summed E-state index contributed by atoms with van der Waals surface area (Å²) in [6.07, 6.45) is 5.92. The van der Waals surface area contributed by atoms with Crippen molar-refractivity contribution in [2.75, 3.05) is 18.0 Å². The quantitative estimate of drug-likeness (QED) is 0.639. The normalized spacial score (nSPS) is 10.8. The van der Waals surface area contributed by atoms with E-state index >= 15 is 0 Å². The Hall–Kier alpha value is -2.91. The third-order valence-corrected chi connectivity index (χ3v) is 2.89. The summed E-state index contributed by atoms with van der Waals surface area (Å²) < 4.78 is 2.96. The molecule has 0 atom stereocenters. The minimum atomic E-state index is 0.384. The molecule has 10 nitrogen and oxygen atoms in total. The molecule has 10 heteroatoms. The molecule has 0 saturated carbocycles. The second-order valence-electron chi connectivity index (χ2n) is 4.09. The van der Waals surface area contributed by atoms with Crippen molar-refractivity contribution >= 4 is 5.95 Å². The Balaban J connectivity index is 2.12. The topological polar surface area (TPSA) is 103 Å². The van der Waals surface area contributed by atoms with Gasteiger partial charge in [0.15, 0.2) is 0 Å². The van der Waals surface area contributed by atoms with Crippen molar-refractivity contribution in [1.29, 1.82) is 0 Å². The van der Waals surface area contributed by atoms with Gasteiger partial charge in [0.1, 0.15) is 25.3 Å². The Kier molecular flexibility index (Phi) is 3.50. The second kappa shape index (κ2) is 5.61. The van der Waals surface area contributed by atoms with Gasteiger partial charge in [0.25, 0.3) is 11.9 Å². The molecule has 3 heterocycles. The fourth-order valence-corrected chi connectivity index (χ4v) is 1.82. The molecular formula is C11H14N10. The molecule has 3 aromatic heterocycles. The summed E-state index contributed by atoms with van der Waals surface area (Å²) in [4.78, 5) is 23.0. The summed E-state index contributed by atoms with van der Waals surface area (Å²) in [6.45, 7) is 5.65. The van der Waals surface area contributed by atoms with Crippen LogP contribution in [0.1, 0.15) is 13.8 Å². The third-order valence-electron chi connectivity index (χ3n) is 2.89. The van der Waals surface area contributed by atoms with Gasteiger partial charge < -0.3 is 4.90 Å². The van der Waals surface area contributed by atoms with Gasteiger partial charge in [-0.05, 0) is 13.8 Å². The van der Waals surface area contributed by atoms with Gasteiger partial charge in [-0.15, -0.1) is 0 Å². The zero-order valence-corrected chi connectivity index (χ0v) is 11.7. The van der Waals surface area contributed by atoms with E-state index < -0.39 is 0 Å². The summed E-state index contributed by atoms with van der Waals surface area (Å²) in [5.74, 6) is 1.33. The van der Waals surface area contributed by atoms with Crippen LogP contribution in [0.4, 0.5) is 5.95 Å². The molecule has 0 radical (unpaired) electrons. The molecular weight excluding hydrogens is 272 g/mol. The van der Waals surface area contributed by atoms with Gasteiger partial charge in [-0.2, -0.15) is 34.5 Å². The van der Waals surface area contributed by atoms with Crippen molar-refractivity contribution in [3.8, 4) is 11.9 Å². The van der Waals surface area contributed by atoms with Crippen LogP contribution in [-0.4, -0.2) is 57.6 Å². The van der Waals surface area contributed by atoms with Crippen molar-refractivity contribution in [1.82, 2.24) is 44.5 Å². The number of hydrogen-bond acceptors (Lipinski definition) is 8. The van der Waals surface area contributed by atoms with E-state index in [9.17, 15) is 0 Å². The molecule has 0 aliphatic carbocycles. The first-order valence-electron chi connectivity index (χ1n) is 6.52. The fourth-order valence-electron chi connectivity index (χ4n) is 1.82. The number of hydrogen-bond donors (Lipinski definition) is 0. The smallest absolute Gasteiger partial charge is 0.258 e. The van der Waals surface area contributed by atoms with E-state index in [2.05, 4.69) is 35.1 Å². The first-order chi connectivity index (χ1) is 10.3. The molecule has 0 saturated heterocycles. The fraction of sp³-hybridized carbons (Fsp3) is 0.364. The molecule has 0 N–H and O–H groups in total. The van der Waals surface area contributed by atoms with Crippen LogP contribution in [0.2, 0.25) is 0 Å². The van der Waals surface area contributed by atoms with E-state index in [0.717, 1.165) is 13.1 Å². The van der Waals surface area contributed by atoms with Crippen LogP contribution in [0.3, 0.4) is 0 Å². The molecule has 108 valence electrons. The van der Waals surface area contributed by atoms with Crippen LogP contribution in [0, 0.1) is 0 Å². The van der Waals surface area contributed by atoms with Crippen molar-refractivity contribution in [3.05, 3.63) is 25.3 Å². The molecule has 21 heavy (non-hydrogen) atoms. The standard InChI is InChI=1S/C11H14N10/c1-3-19(4-2)9-16-10(20-7-12-5-14-20)18-11(17-9)21-8-13-6-15-21/h5-8H,3-4H2,1-2H3. The van der Waals surface area contributed by atoms with Crippen molar-refractivity contribution in [2.45, 2.75) is 13.8 Å². The molecule has 0 unspecified atom stereocenters. The number of anilines is 1. The predicted octanol–water partition coefficient (Wildman–Crippen LogP) is -0.121. The first kappa shape index (κ1) is 13.1. The summed E-state index contributed by atoms with van der Waals surface area (Å²) in [6, 6.07) is 0. The maximum absolute atomic E-state index is 4.43. The van der Waals surface area contributed by atoms with E-state index in [1.54, 1.807) is 0 Å². The Morgan fingerprint density at radius 1 is 0.857 bits per heavy atom. The average molecular weight is 286 g/mol. The summed E-state index contributed by atoms with van der Waals surface area (Å²) in [5.41, 5.74) is 0. The predicted molar refractivity (Wildman–Crippen MR) is 73.2 cm³/mol. The highest BCUT2D eigenvalue weighted by Gasteiger charge is 2.14. The molecule has 3 aromatic rings. The average Bonchev–Trinajstić information content (AvgIpc) is 3.22. The maximum atomic E-state index is 4.43. The van der Waals surface area contributed by atoms with Gasteiger partial charge in [0.2, 0.25) is 5.95 Å². The van der Waals surface area contributed by atoms with Gasteiger partial charge in [0.05, 0.1) is 0 Å². The van der Waals surface area contributed by atoms with Crippen LogP contribution in [0.25, 0.3) is 11.9 Å². The highest BCUT2D eigenvalue weighted by molar-refractivity contribution is 5.35. The summed E-state index contributed by atoms with van der Waals surface area (Å²) in [5, 5.41) is 8.10. The first-order valence-corrected chi connectivity index (χ1v) is 6.52. The molecule has 0 bridgehead atoms. The molecule has 0 fully saturated rings. The number of rotatable bonds is 5. The molecule has 0 aliphatic rings. The zero-order valence-electron chi connectivity index (χ0n) is 11.7. The van der Waals surface area contributed by atoms with Crippen molar-refractivity contribution in [3.63, 3.8) is 0 Å². The highest BCUT2D eigenvalue weighted by Crippen LogP contribution is 2.11. The van der Waals surface area contributed by atoms with Crippen LogP contribution in [0.5, 0.6) is 0 Å². The minimum Gasteiger partial charge on any atom is -0.341 e. The Bertz CT molecular complexity index is 633. The lowest BCUT2D eigenvalue weighted by atomic mass is 10.5. The lowest BCUT2D eigenvalue weighted by Gasteiger charge is -2.19. The van der Waals surface area contributed by atoms with Gasteiger partial charge in [0, 0.05) is 13.1 Å². The second-order valence-corrected chi connectivity index (χ2v) is 4.09. The zero-order chi connectivity index (χ0) is 14.7. The Morgan fingerprint density at radius 2 is 1.38 bits per heavy atom. The minimum absolute atomic E-state index is 0.384. The van der Waals surface area contributed by atoms with Gasteiger partial charge >= 0.3 is 0 Å². The lowest BCUT2D eigenvalue weighted by molar-refractivity contribution is 0.720. The number of aromatic nitrogens is 9. The van der Waals surface area contributed by atoms with E-state index in [1.165, 1.54) is 34.7 Å². The van der Waals surface area contributed by atoms with Gasteiger partial charge in [-0.25, -0.2) is 9.97 Å². The molecule has 3 rings (SSSR count). The molecule has 0 amide bonds. The van der Waals surface area contributed by atoms with E-state index in [4.69, 9.17) is 0 Å². The van der Waals surface area contributed by atoms with Crippen LogP contribution in [0.15, 0.2) is 25.3 Å². The lowest BCUT2D eigenvalue weighted by Crippen LogP contribution is -2.26. The summed E-state index contributed by atoms with van der Waals surface area (Å²) in [7, 11) is 0. The van der Waals surface area contributed by atoms with E-state index in [1.807, 2.05) is 18.7 Å². The van der Waals surface area contributed by atoms with Gasteiger partial charge in [-0.3, -0.25) is 0 Å². The van der Waals surface area contributed by atoms with E-state index in [0.29, 0.717) is 17.8 Å². The van der Waals surface area contributed by atoms with Crippen molar-refractivity contribution in [2.24, 2.45) is 0 Å². The maximum Gasteiger partial charge on any atom is 0.258 e. The molecule has 0 spiro atoms. The van der Waals surface area contributed by atoms with Crippen LogP contribution >= 0.6 is 0 Å². The van der Waals surface area contributed by atoms with Crippen molar-refractivity contribution < 1.29 is 0 Å². The number of nitrogens with zero attached hydrogens (tertiary/aromatic N) is 10. The van der Waals surface area contributed by atoms with E-state index in [-0.39, 0.29) is 0 Å². The van der Waals surface area contributed by atoms with Crippen LogP contribution in [-0.2, 0) is 0 Å². The van der Waals surface area contributed by atoms with Gasteiger partial charge in [-0.1, -0.05) is 0 Å². The third kappa shape index (κ3) is 2.55. The summed E-state index contributed by atoms with van der Waals surface area (Å²) >= 11 is 0. The Morgan fingerprint density at radius 3 is 1.76 bits per heavy atom. The SMILES string of the molecule is CCN(CC)c1nc(-n2cncn2)nc(-n2cncn2)n1. The largest absolute Gasteiger partial charge is 0.341 e. The van der Waals surface area contributed by atoms with Crippen LogP contribution < -0.4 is 4.90 Å². The molecule has 0 aliphatic heterocycles. The highest BCUT2D eigenvalue weighted by atomic mass is 15.5.